The summed E-state index contributed by atoms with van der Waals surface area (Å²) in [6, 6.07) is 1.45. The van der Waals surface area contributed by atoms with Gasteiger partial charge in [0.05, 0.1) is 5.69 Å². The molecule has 2 aromatic rings. The van der Waals surface area contributed by atoms with Crippen molar-refractivity contribution in [1.29, 1.82) is 0 Å². The lowest BCUT2D eigenvalue weighted by molar-refractivity contribution is 0.580. The van der Waals surface area contributed by atoms with Crippen molar-refractivity contribution in [3.8, 4) is 0 Å². The molecule has 0 aliphatic carbocycles. The van der Waals surface area contributed by atoms with Gasteiger partial charge in [0.15, 0.2) is 0 Å². The van der Waals surface area contributed by atoms with Crippen LogP contribution in [0.1, 0.15) is 5.82 Å². The number of aromatic nitrogens is 3. The largest absolute Gasteiger partial charge is 0.398 e. The fourth-order valence-electron chi connectivity index (χ4n) is 1.63. The minimum absolute atomic E-state index is 0.00478. The highest BCUT2D eigenvalue weighted by atomic mass is 32.2. The highest BCUT2D eigenvalue weighted by Gasteiger charge is 2.17. The molecule has 3 N–H and O–H groups in total. The van der Waals surface area contributed by atoms with Crippen LogP contribution in [0.5, 0.6) is 0 Å². The van der Waals surface area contributed by atoms with Crippen LogP contribution in [0, 0.1) is 0 Å². The molecule has 0 radical (unpaired) electrons. The molecule has 7 nitrogen and oxygen atoms in total. The third kappa shape index (κ3) is 3.09. The van der Waals surface area contributed by atoms with E-state index in [-0.39, 0.29) is 17.1 Å². The second-order valence-corrected chi connectivity index (χ2v) is 5.75. The zero-order valence-electron chi connectivity index (χ0n) is 10.4. The van der Waals surface area contributed by atoms with Gasteiger partial charge in [-0.1, -0.05) is 0 Å². The number of nitrogens with one attached hydrogen (secondary N) is 1. The van der Waals surface area contributed by atoms with E-state index in [4.69, 9.17) is 5.73 Å². The zero-order chi connectivity index (χ0) is 13.9. The maximum Gasteiger partial charge on any atom is 0.244 e. The van der Waals surface area contributed by atoms with Gasteiger partial charge >= 0.3 is 0 Å². The summed E-state index contributed by atoms with van der Waals surface area (Å²) in [7, 11) is -1.77. The van der Waals surface area contributed by atoms with Crippen LogP contribution in [0.3, 0.4) is 0 Å². The minimum atomic E-state index is -3.63. The molecule has 19 heavy (non-hydrogen) atoms. The predicted molar refractivity (Wildman–Crippen MR) is 70.7 cm³/mol. The summed E-state index contributed by atoms with van der Waals surface area (Å²) in [5, 5.41) is 0. The maximum absolute atomic E-state index is 12.0. The first kappa shape index (κ1) is 13.5. The number of aryl methyl sites for hydroxylation is 1. The van der Waals surface area contributed by atoms with E-state index < -0.39 is 10.0 Å². The summed E-state index contributed by atoms with van der Waals surface area (Å²) in [5.41, 5.74) is 5.80. The molecule has 0 aromatic carbocycles. The van der Waals surface area contributed by atoms with E-state index in [1.807, 2.05) is 17.8 Å². The van der Waals surface area contributed by atoms with Crippen molar-refractivity contribution < 1.29 is 8.42 Å². The topological polar surface area (TPSA) is 103 Å². The van der Waals surface area contributed by atoms with Gasteiger partial charge in [0.2, 0.25) is 10.0 Å². The monoisotopic (exact) mass is 281 g/mol. The van der Waals surface area contributed by atoms with Gasteiger partial charge in [-0.15, -0.1) is 0 Å². The molecule has 0 atom stereocenters. The van der Waals surface area contributed by atoms with Crippen molar-refractivity contribution in [2.75, 3.05) is 12.3 Å². The van der Waals surface area contributed by atoms with Crippen LogP contribution in [0.25, 0.3) is 0 Å². The van der Waals surface area contributed by atoms with Crippen molar-refractivity contribution in [2.24, 2.45) is 7.05 Å². The number of anilines is 1. The highest BCUT2D eigenvalue weighted by Crippen LogP contribution is 2.15. The first-order chi connectivity index (χ1) is 9.00. The summed E-state index contributed by atoms with van der Waals surface area (Å²) in [6.45, 7) is 0.252. The molecule has 0 amide bonds. The Morgan fingerprint density at radius 1 is 1.42 bits per heavy atom. The van der Waals surface area contributed by atoms with E-state index in [1.54, 1.807) is 6.20 Å². The molecule has 0 aliphatic rings. The fraction of sp³-hybridized carbons (Fsp3) is 0.273. The molecule has 0 aliphatic heterocycles. The summed E-state index contributed by atoms with van der Waals surface area (Å²) in [5.74, 6) is 0.807. The number of nitrogens with two attached hydrogens (primary N) is 1. The van der Waals surface area contributed by atoms with E-state index in [0.29, 0.717) is 6.42 Å². The smallest absolute Gasteiger partial charge is 0.244 e. The molecule has 0 spiro atoms. The van der Waals surface area contributed by atoms with E-state index in [2.05, 4.69) is 14.7 Å². The number of hydrogen-bond acceptors (Lipinski definition) is 5. The lowest BCUT2D eigenvalue weighted by Crippen LogP contribution is -2.27. The Kier molecular flexibility index (Phi) is 3.82. The average Bonchev–Trinajstić information content (AvgIpc) is 2.75. The van der Waals surface area contributed by atoms with E-state index >= 15 is 0 Å². The Balaban J connectivity index is 2.03. The molecule has 0 saturated heterocycles. The average molecular weight is 281 g/mol. The van der Waals surface area contributed by atoms with Crippen molar-refractivity contribution >= 4 is 15.7 Å². The quantitative estimate of drug-likeness (QED) is 0.798. The Bertz CT molecular complexity index is 665. The summed E-state index contributed by atoms with van der Waals surface area (Å²) < 4.78 is 28.3. The maximum atomic E-state index is 12.0. The molecule has 8 heteroatoms. The Hall–Kier alpha value is -1.93. The fourth-order valence-corrected chi connectivity index (χ4v) is 2.73. The van der Waals surface area contributed by atoms with Crippen LogP contribution in [0.15, 0.2) is 35.7 Å². The number of rotatable bonds is 5. The number of sulfonamides is 1. The number of pyridine rings is 1. The van der Waals surface area contributed by atoms with Crippen molar-refractivity contribution in [2.45, 2.75) is 11.3 Å². The van der Waals surface area contributed by atoms with Gasteiger partial charge in [0.25, 0.3) is 0 Å². The number of hydrogen-bond donors (Lipinski definition) is 2. The molecule has 102 valence electrons. The van der Waals surface area contributed by atoms with Crippen LogP contribution in [0.2, 0.25) is 0 Å². The van der Waals surface area contributed by atoms with E-state index in [9.17, 15) is 8.42 Å². The van der Waals surface area contributed by atoms with Crippen LogP contribution < -0.4 is 10.5 Å². The Morgan fingerprint density at radius 2 is 2.21 bits per heavy atom. The van der Waals surface area contributed by atoms with Gasteiger partial charge < -0.3 is 10.3 Å². The van der Waals surface area contributed by atoms with Gasteiger partial charge in [-0.3, -0.25) is 4.98 Å². The molecule has 0 bridgehead atoms. The lowest BCUT2D eigenvalue weighted by Gasteiger charge is -2.08. The molecular formula is C11H15N5O2S. The van der Waals surface area contributed by atoms with Crippen LogP contribution in [-0.4, -0.2) is 29.5 Å². The zero-order valence-corrected chi connectivity index (χ0v) is 11.3. The molecular weight excluding hydrogens is 266 g/mol. The number of nitrogens with zero attached hydrogens (tertiary/aromatic N) is 3. The minimum Gasteiger partial charge on any atom is -0.398 e. The SMILES string of the molecule is Cn1ccnc1CCNS(=O)(=O)c1cnccc1N. The van der Waals surface area contributed by atoms with Gasteiger partial charge in [0, 0.05) is 44.8 Å². The third-order valence-corrected chi connectivity index (χ3v) is 4.17. The Morgan fingerprint density at radius 3 is 2.84 bits per heavy atom. The normalized spacial score (nSPS) is 11.6. The molecule has 2 heterocycles. The third-order valence-electron chi connectivity index (χ3n) is 2.67. The van der Waals surface area contributed by atoms with Gasteiger partial charge in [-0.25, -0.2) is 18.1 Å². The number of imidazole rings is 1. The van der Waals surface area contributed by atoms with Crippen LogP contribution in [0.4, 0.5) is 5.69 Å². The molecule has 2 aromatic heterocycles. The first-order valence-electron chi connectivity index (χ1n) is 5.66. The van der Waals surface area contributed by atoms with E-state index in [0.717, 1.165) is 5.82 Å². The summed E-state index contributed by atoms with van der Waals surface area (Å²) in [6.07, 6.45) is 6.66. The van der Waals surface area contributed by atoms with Gasteiger partial charge in [-0.05, 0) is 6.07 Å². The van der Waals surface area contributed by atoms with Crippen LogP contribution in [-0.2, 0) is 23.5 Å². The van der Waals surface area contributed by atoms with Crippen molar-refractivity contribution in [3.63, 3.8) is 0 Å². The van der Waals surface area contributed by atoms with E-state index in [1.165, 1.54) is 18.5 Å². The standard InChI is InChI=1S/C11H15N5O2S/c1-16-7-6-14-11(16)3-5-15-19(17,18)10-8-13-4-2-9(10)12/h2,4,6-8,15H,3,5H2,1H3,(H2,12,13). The second kappa shape index (κ2) is 5.37. The first-order valence-corrected chi connectivity index (χ1v) is 7.14. The summed E-state index contributed by atoms with van der Waals surface area (Å²) >= 11 is 0. The molecule has 0 fully saturated rings. The van der Waals surface area contributed by atoms with Gasteiger partial charge in [0.1, 0.15) is 10.7 Å². The van der Waals surface area contributed by atoms with Crippen molar-refractivity contribution in [1.82, 2.24) is 19.3 Å². The molecule has 2 rings (SSSR count). The number of nitrogen functional groups attached to an aromatic ring is 1. The lowest BCUT2D eigenvalue weighted by atomic mass is 10.4. The predicted octanol–water partition coefficient (Wildman–Crippen LogP) is -0.0817. The second-order valence-electron chi connectivity index (χ2n) is 4.02. The Labute approximate surface area is 111 Å². The molecule has 0 unspecified atom stereocenters. The highest BCUT2D eigenvalue weighted by molar-refractivity contribution is 7.89. The summed E-state index contributed by atoms with van der Waals surface area (Å²) in [4.78, 5) is 7.88. The molecule has 0 saturated carbocycles. The van der Waals surface area contributed by atoms with Crippen LogP contribution >= 0.6 is 0 Å². The van der Waals surface area contributed by atoms with Gasteiger partial charge in [-0.2, -0.15) is 0 Å². The van der Waals surface area contributed by atoms with Crippen molar-refractivity contribution in [3.05, 3.63) is 36.7 Å².